The zero-order valence-corrected chi connectivity index (χ0v) is 19.2. The third-order valence-electron chi connectivity index (χ3n) is 7.43. The van der Waals surface area contributed by atoms with Crippen molar-refractivity contribution < 1.29 is 15.7 Å². The van der Waals surface area contributed by atoms with Crippen molar-refractivity contribution in [1.82, 2.24) is 10.2 Å². The average molecular weight is 431 g/mol. The molecule has 3 aliphatic heterocycles. The molecule has 31 heavy (non-hydrogen) atoms. The van der Waals surface area contributed by atoms with Crippen LogP contribution in [0.5, 0.6) is 5.75 Å². The fourth-order valence-electron chi connectivity index (χ4n) is 5.52. The van der Waals surface area contributed by atoms with Gasteiger partial charge in [-0.05, 0) is 75.7 Å². The average Bonchev–Trinajstić information content (AvgIpc) is 3.52. The summed E-state index contributed by atoms with van der Waals surface area (Å²) in [6.07, 6.45) is 11.7. The Hall–Kier alpha value is -1.59. The number of ether oxygens (including phenoxy) is 2. The van der Waals surface area contributed by atoms with E-state index in [1.165, 1.54) is 57.3 Å². The number of likely N-dealkylation sites (tertiary alicyclic amines) is 1. The molecule has 5 nitrogen and oxygen atoms in total. The van der Waals surface area contributed by atoms with Gasteiger partial charge >= 0.3 is 0 Å². The van der Waals surface area contributed by atoms with E-state index in [1.54, 1.807) is 5.56 Å². The van der Waals surface area contributed by atoms with E-state index in [9.17, 15) is 4.79 Å². The summed E-state index contributed by atoms with van der Waals surface area (Å²) in [5.74, 6) is 2.02. The molecular weight excluding hydrogens is 388 g/mol. The third-order valence-corrected chi connectivity index (χ3v) is 7.43. The molecule has 174 valence electrons. The van der Waals surface area contributed by atoms with E-state index in [0.717, 1.165) is 57.0 Å². The van der Waals surface area contributed by atoms with Crippen LogP contribution in [0.15, 0.2) is 18.2 Å². The Labute approximate surface area is 189 Å². The maximum atomic E-state index is 11.7. The number of carbonyl (C=O) groups is 1. The summed E-state index contributed by atoms with van der Waals surface area (Å²) in [6, 6.07) is 7.01. The lowest BCUT2D eigenvalue weighted by atomic mass is 9.86. The van der Waals surface area contributed by atoms with Crippen LogP contribution in [-0.4, -0.2) is 55.8 Å². The highest BCUT2D eigenvalue weighted by Crippen LogP contribution is 2.36. The van der Waals surface area contributed by atoms with Crippen LogP contribution in [0, 0.1) is 0 Å². The number of nitrogens with zero attached hydrogens (tertiary/aromatic N) is 1. The molecule has 5 rings (SSSR count). The van der Waals surface area contributed by atoms with Crippen molar-refractivity contribution in [2.24, 2.45) is 0 Å². The molecule has 1 aromatic carbocycles. The Morgan fingerprint density at radius 2 is 1.87 bits per heavy atom. The van der Waals surface area contributed by atoms with Crippen LogP contribution in [0.25, 0.3) is 0 Å². The van der Waals surface area contributed by atoms with Gasteiger partial charge in [0.1, 0.15) is 11.9 Å². The van der Waals surface area contributed by atoms with E-state index in [2.05, 4.69) is 35.3 Å². The highest BCUT2D eigenvalue weighted by Gasteiger charge is 2.26. The first kappa shape index (κ1) is 22.6. The highest BCUT2D eigenvalue weighted by molar-refractivity contribution is 5.81. The van der Waals surface area contributed by atoms with Crippen LogP contribution in [0.3, 0.4) is 0 Å². The summed E-state index contributed by atoms with van der Waals surface area (Å²) >= 11 is 0. The smallest absolute Gasteiger partial charge is 0.249 e. The van der Waals surface area contributed by atoms with Crippen molar-refractivity contribution in [2.45, 2.75) is 89.2 Å². The molecule has 1 atom stereocenters. The number of fused-ring (bicyclic) bond motifs is 1. The molecule has 1 amide bonds. The van der Waals surface area contributed by atoms with Gasteiger partial charge in [0.15, 0.2) is 0 Å². The maximum absolute atomic E-state index is 11.7. The van der Waals surface area contributed by atoms with Crippen molar-refractivity contribution in [2.75, 3.05) is 32.8 Å². The van der Waals surface area contributed by atoms with Crippen LogP contribution in [0.4, 0.5) is 0 Å². The number of hydrogen-bond acceptors (Lipinski definition) is 4. The minimum absolute atomic E-state index is 0. The molecule has 1 unspecified atom stereocenters. The van der Waals surface area contributed by atoms with Gasteiger partial charge in [-0.25, -0.2) is 0 Å². The Balaban J connectivity index is 0.000000178. The number of amides is 1. The lowest BCUT2D eigenvalue weighted by molar-refractivity contribution is -0.131. The normalized spacial score (nSPS) is 24.7. The van der Waals surface area contributed by atoms with Crippen molar-refractivity contribution in [3.05, 3.63) is 29.3 Å². The predicted molar refractivity (Wildman–Crippen MR) is 126 cm³/mol. The Morgan fingerprint density at radius 3 is 2.58 bits per heavy atom. The summed E-state index contributed by atoms with van der Waals surface area (Å²) in [6.45, 7) is 7.59. The fourth-order valence-corrected chi connectivity index (χ4v) is 5.52. The zero-order valence-electron chi connectivity index (χ0n) is 19.2. The van der Waals surface area contributed by atoms with Crippen LogP contribution in [0.1, 0.15) is 83.2 Å². The standard InChI is InChI=1S/C15H21NO.C11H19NO2.H2/c1-2-16-9-6-12(7-10-16)13-4-3-5-15-14(13)8-11-17-15;13-11(10-7-4-8-14-10)12-9-5-2-1-3-6-9;/h3-5,12H,2,6-11H2,1H3;9-10H,1-8H2,(H,12,13);1H. The number of benzene rings is 1. The zero-order chi connectivity index (χ0) is 21.5. The number of hydrogen-bond donors (Lipinski definition) is 1. The lowest BCUT2D eigenvalue weighted by Gasteiger charge is -2.32. The largest absolute Gasteiger partial charge is 0.493 e. The topological polar surface area (TPSA) is 50.8 Å². The van der Waals surface area contributed by atoms with Gasteiger partial charge in [0.25, 0.3) is 0 Å². The maximum Gasteiger partial charge on any atom is 0.249 e. The summed E-state index contributed by atoms with van der Waals surface area (Å²) < 4.78 is 11.0. The first-order valence-corrected chi connectivity index (χ1v) is 12.6. The molecular formula is C26H42N2O3. The number of carbonyl (C=O) groups excluding carboxylic acids is 1. The molecule has 0 radical (unpaired) electrons. The third kappa shape index (κ3) is 6.01. The van der Waals surface area contributed by atoms with Gasteiger partial charge < -0.3 is 19.7 Å². The molecule has 2 saturated heterocycles. The number of nitrogens with one attached hydrogen (secondary N) is 1. The van der Waals surface area contributed by atoms with E-state index in [1.807, 2.05) is 0 Å². The van der Waals surface area contributed by atoms with Gasteiger partial charge in [-0.2, -0.15) is 0 Å². The van der Waals surface area contributed by atoms with Crippen LogP contribution in [0.2, 0.25) is 0 Å². The molecule has 1 saturated carbocycles. The molecule has 3 fully saturated rings. The fraction of sp³-hybridized carbons (Fsp3) is 0.731. The second-order valence-corrected chi connectivity index (χ2v) is 9.48. The van der Waals surface area contributed by atoms with Crippen molar-refractivity contribution in [3.63, 3.8) is 0 Å². The Morgan fingerprint density at radius 1 is 1.06 bits per heavy atom. The van der Waals surface area contributed by atoms with Gasteiger partial charge in [0.2, 0.25) is 5.91 Å². The monoisotopic (exact) mass is 430 g/mol. The first-order chi connectivity index (χ1) is 15.2. The van der Waals surface area contributed by atoms with Crippen molar-refractivity contribution >= 4 is 5.91 Å². The number of rotatable bonds is 4. The Bertz CT molecular complexity index is 709. The van der Waals surface area contributed by atoms with Gasteiger partial charge in [0, 0.05) is 26.1 Å². The van der Waals surface area contributed by atoms with Gasteiger partial charge in [-0.3, -0.25) is 4.79 Å². The second-order valence-electron chi connectivity index (χ2n) is 9.48. The van der Waals surface area contributed by atoms with Crippen molar-refractivity contribution in [3.8, 4) is 5.75 Å². The molecule has 0 spiro atoms. The van der Waals surface area contributed by atoms with E-state index in [0.29, 0.717) is 6.04 Å². The van der Waals surface area contributed by atoms with E-state index >= 15 is 0 Å². The molecule has 1 aromatic rings. The van der Waals surface area contributed by atoms with Gasteiger partial charge in [-0.1, -0.05) is 38.3 Å². The number of piperidine rings is 1. The molecule has 0 bridgehead atoms. The predicted octanol–water partition coefficient (Wildman–Crippen LogP) is 4.68. The SMILES string of the molecule is CCN1CCC(c2cccc3c2CCO3)CC1.O=C(NC1CCCCC1)C1CCCO1.[HH]. The summed E-state index contributed by atoms with van der Waals surface area (Å²) in [7, 11) is 0. The minimum Gasteiger partial charge on any atom is -0.493 e. The van der Waals surface area contributed by atoms with Crippen LogP contribution >= 0.6 is 0 Å². The minimum atomic E-state index is -0.156. The molecule has 4 aliphatic rings. The molecule has 3 heterocycles. The van der Waals surface area contributed by atoms with E-state index < -0.39 is 0 Å². The van der Waals surface area contributed by atoms with Gasteiger partial charge in [0.05, 0.1) is 6.61 Å². The summed E-state index contributed by atoms with van der Waals surface area (Å²) in [5.41, 5.74) is 3.05. The Kier molecular flexibility index (Phi) is 8.26. The molecule has 0 aromatic heterocycles. The highest BCUT2D eigenvalue weighted by atomic mass is 16.5. The van der Waals surface area contributed by atoms with E-state index in [4.69, 9.17) is 9.47 Å². The van der Waals surface area contributed by atoms with Crippen molar-refractivity contribution in [1.29, 1.82) is 0 Å². The summed E-state index contributed by atoms with van der Waals surface area (Å²) in [4.78, 5) is 14.2. The van der Waals surface area contributed by atoms with Crippen LogP contribution in [-0.2, 0) is 16.0 Å². The second kappa shape index (κ2) is 11.3. The molecule has 5 heteroatoms. The molecule has 1 aliphatic carbocycles. The quantitative estimate of drug-likeness (QED) is 0.753. The van der Waals surface area contributed by atoms with Crippen LogP contribution < -0.4 is 10.1 Å². The van der Waals surface area contributed by atoms with E-state index in [-0.39, 0.29) is 13.4 Å². The lowest BCUT2D eigenvalue weighted by Crippen LogP contribution is -2.42. The molecule has 1 N–H and O–H groups in total. The van der Waals surface area contributed by atoms with Gasteiger partial charge in [-0.15, -0.1) is 0 Å². The summed E-state index contributed by atoms with van der Waals surface area (Å²) in [5, 5.41) is 3.10. The first-order valence-electron chi connectivity index (χ1n) is 12.6.